The number of carbonyl (C=O) groups excluding carboxylic acids is 1. The van der Waals surface area contributed by atoms with E-state index in [0.29, 0.717) is 23.9 Å². The predicted octanol–water partition coefficient (Wildman–Crippen LogP) is 1.72. The van der Waals surface area contributed by atoms with Crippen molar-refractivity contribution in [3.05, 3.63) is 39.7 Å². The third-order valence-corrected chi connectivity index (χ3v) is 4.49. The van der Waals surface area contributed by atoms with Crippen molar-refractivity contribution < 1.29 is 29.0 Å². The quantitative estimate of drug-likeness (QED) is 0.611. The number of ether oxygens (including phenoxy) is 1. The Labute approximate surface area is 148 Å². The van der Waals surface area contributed by atoms with E-state index in [0.717, 1.165) is 6.42 Å². The third kappa shape index (κ3) is 3.28. The summed E-state index contributed by atoms with van der Waals surface area (Å²) in [6, 6.07) is 3.67. The van der Waals surface area contributed by atoms with Gasteiger partial charge in [0.05, 0.1) is 12.2 Å². The van der Waals surface area contributed by atoms with Gasteiger partial charge in [0.2, 0.25) is 0 Å². The van der Waals surface area contributed by atoms with Crippen molar-refractivity contribution in [2.45, 2.75) is 32.4 Å². The minimum absolute atomic E-state index is 0.0967. The van der Waals surface area contributed by atoms with E-state index in [1.165, 1.54) is 18.2 Å². The lowest BCUT2D eigenvalue weighted by Gasteiger charge is -2.21. The van der Waals surface area contributed by atoms with Crippen molar-refractivity contribution >= 4 is 22.9 Å². The number of aromatic hydroxyl groups is 1. The highest BCUT2D eigenvalue weighted by Gasteiger charge is 2.31. The van der Waals surface area contributed by atoms with Crippen LogP contribution >= 0.6 is 0 Å². The van der Waals surface area contributed by atoms with Gasteiger partial charge in [-0.05, 0) is 44.5 Å². The van der Waals surface area contributed by atoms with Crippen molar-refractivity contribution in [1.29, 1.82) is 0 Å². The second kappa shape index (κ2) is 7.17. The van der Waals surface area contributed by atoms with Gasteiger partial charge in [-0.15, -0.1) is 0 Å². The topological polar surface area (TPSA) is 117 Å². The minimum Gasteiger partial charge on any atom is -0.507 e. The van der Waals surface area contributed by atoms with Crippen LogP contribution in [0, 0.1) is 0 Å². The minimum atomic E-state index is -0.923. The molecule has 0 aliphatic carbocycles. The van der Waals surface area contributed by atoms with Crippen molar-refractivity contribution in [2.75, 3.05) is 13.2 Å². The number of carbonyl (C=O) groups is 2. The number of carboxylic acids is 1. The molecule has 0 bridgehead atoms. The van der Waals surface area contributed by atoms with E-state index >= 15 is 0 Å². The largest absolute Gasteiger partial charge is 0.507 e. The Kier molecular flexibility index (Phi) is 4.94. The Morgan fingerprint density at radius 2 is 2.15 bits per heavy atom. The maximum atomic E-state index is 12.2. The van der Waals surface area contributed by atoms with Gasteiger partial charge in [-0.1, -0.05) is 0 Å². The maximum Gasteiger partial charge on any atom is 0.351 e. The number of rotatable bonds is 5. The number of carboxylic acid groups (broad SMARTS) is 1. The maximum absolute atomic E-state index is 12.2. The van der Waals surface area contributed by atoms with Gasteiger partial charge in [0, 0.05) is 11.9 Å². The SMILES string of the molecule is CCOC(=O)c1cc2ccc(O)c(CN3CCCC3C(=O)O)c2oc1=O. The molecular formula is C18H19NO7. The lowest BCUT2D eigenvalue weighted by Crippen LogP contribution is -2.35. The molecule has 1 aromatic carbocycles. The Morgan fingerprint density at radius 1 is 1.38 bits per heavy atom. The van der Waals surface area contributed by atoms with Gasteiger partial charge in [0.25, 0.3) is 0 Å². The molecule has 1 aliphatic heterocycles. The van der Waals surface area contributed by atoms with Crippen LogP contribution in [0.25, 0.3) is 11.0 Å². The van der Waals surface area contributed by atoms with Crippen LogP contribution in [0.3, 0.4) is 0 Å². The summed E-state index contributed by atoms with van der Waals surface area (Å²) in [6.07, 6.45) is 1.26. The third-order valence-electron chi connectivity index (χ3n) is 4.49. The smallest absolute Gasteiger partial charge is 0.351 e. The van der Waals surface area contributed by atoms with Crippen molar-refractivity contribution in [3.8, 4) is 5.75 Å². The molecule has 1 aromatic heterocycles. The summed E-state index contributed by atoms with van der Waals surface area (Å²) < 4.78 is 10.1. The average molecular weight is 361 g/mol. The fourth-order valence-corrected chi connectivity index (χ4v) is 3.23. The van der Waals surface area contributed by atoms with E-state index in [9.17, 15) is 24.6 Å². The van der Waals surface area contributed by atoms with Gasteiger partial charge in [-0.3, -0.25) is 9.69 Å². The van der Waals surface area contributed by atoms with E-state index in [2.05, 4.69) is 0 Å². The van der Waals surface area contributed by atoms with Crippen molar-refractivity contribution in [1.82, 2.24) is 4.90 Å². The number of fused-ring (bicyclic) bond motifs is 1. The van der Waals surface area contributed by atoms with Crippen LogP contribution in [0.2, 0.25) is 0 Å². The molecule has 2 heterocycles. The lowest BCUT2D eigenvalue weighted by molar-refractivity contribution is -0.142. The van der Waals surface area contributed by atoms with Crippen LogP contribution in [0.1, 0.15) is 35.7 Å². The number of hydrogen-bond acceptors (Lipinski definition) is 7. The first kappa shape index (κ1) is 17.9. The van der Waals surface area contributed by atoms with Gasteiger partial charge in [-0.2, -0.15) is 0 Å². The Balaban J connectivity index is 2.04. The number of benzene rings is 1. The van der Waals surface area contributed by atoms with Crippen LogP contribution < -0.4 is 5.63 Å². The summed E-state index contributed by atoms with van der Waals surface area (Å²) >= 11 is 0. The van der Waals surface area contributed by atoms with Crippen LogP contribution in [-0.2, 0) is 16.1 Å². The molecule has 2 N–H and O–H groups in total. The first-order valence-electron chi connectivity index (χ1n) is 8.35. The Hall–Kier alpha value is -2.87. The van der Waals surface area contributed by atoms with Gasteiger partial charge in [0.15, 0.2) is 0 Å². The molecule has 1 unspecified atom stereocenters. The fraction of sp³-hybridized carbons (Fsp3) is 0.389. The number of aliphatic carboxylic acids is 1. The monoisotopic (exact) mass is 361 g/mol. The molecule has 1 aliphatic rings. The number of nitrogens with zero attached hydrogens (tertiary/aromatic N) is 1. The van der Waals surface area contributed by atoms with E-state index in [-0.39, 0.29) is 30.0 Å². The highest BCUT2D eigenvalue weighted by Crippen LogP contribution is 2.30. The normalized spacial score (nSPS) is 17.5. The van der Waals surface area contributed by atoms with Gasteiger partial charge in [0.1, 0.15) is 22.9 Å². The molecule has 0 saturated carbocycles. The summed E-state index contributed by atoms with van der Waals surface area (Å²) in [5.74, 6) is -1.79. The molecule has 1 fully saturated rings. The average Bonchev–Trinajstić information content (AvgIpc) is 3.06. The standard InChI is InChI=1S/C18H19NO7/c1-2-25-17(23)11-8-10-5-6-14(20)12(15(10)26-18(11)24)9-19-7-3-4-13(19)16(21)22/h5-6,8,13,20H,2-4,7,9H2,1H3,(H,21,22). The summed E-state index contributed by atoms with van der Waals surface area (Å²) in [6.45, 7) is 2.45. The molecule has 26 heavy (non-hydrogen) atoms. The number of likely N-dealkylation sites (tertiary alicyclic amines) is 1. The fourth-order valence-electron chi connectivity index (χ4n) is 3.23. The molecule has 0 spiro atoms. The predicted molar refractivity (Wildman–Crippen MR) is 91.2 cm³/mol. The van der Waals surface area contributed by atoms with E-state index in [4.69, 9.17) is 9.15 Å². The van der Waals surface area contributed by atoms with Crippen LogP contribution in [0.15, 0.2) is 27.4 Å². The molecule has 0 amide bonds. The Morgan fingerprint density at radius 3 is 2.85 bits per heavy atom. The van der Waals surface area contributed by atoms with Crippen LogP contribution in [0.4, 0.5) is 0 Å². The number of esters is 1. The summed E-state index contributed by atoms with van der Waals surface area (Å²) in [5.41, 5.74) is -0.623. The lowest BCUT2D eigenvalue weighted by atomic mass is 10.1. The molecular weight excluding hydrogens is 342 g/mol. The molecule has 3 rings (SSSR count). The van der Waals surface area contributed by atoms with E-state index < -0.39 is 23.6 Å². The zero-order valence-electron chi connectivity index (χ0n) is 14.2. The summed E-state index contributed by atoms with van der Waals surface area (Å²) in [4.78, 5) is 37.1. The van der Waals surface area contributed by atoms with Crippen molar-refractivity contribution in [2.24, 2.45) is 0 Å². The highest BCUT2D eigenvalue weighted by molar-refractivity contribution is 5.93. The second-order valence-corrected chi connectivity index (χ2v) is 6.12. The molecule has 8 nitrogen and oxygen atoms in total. The first-order valence-corrected chi connectivity index (χ1v) is 8.35. The van der Waals surface area contributed by atoms with E-state index in [1.54, 1.807) is 11.8 Å². The highest BCUT2D eigenvalue weighted by atomic mass is 16.5. The zero-order valence-corrected chi connectivity index (χ0v) is 14.2. The zero-order chi connectivity index (χ0) is 18.8. The first-order chi connectivity index (χ1) is 12.4. The number of phenols is 1. The number of hydrogen-bond donors (Lipinski definition) is 2. The van der Waals surface area contributed by atoms with Crippen LogP contribution in [0.5, 0.6) is 5.75 Å². The van der Waals surface area contributed by atoms with Gasteiger partial charge in [-0.25, -0.2) is 9.59 Å². The number of phenolic OH excluding ortho intramolecular Hbond substituents is 1. The molecule has 138 valence electrons. The Bertz CT molecular complexity index is 918. The van der Waals surface area contributed by atoms with Crippen LogP contribution in [-0.4, -0.2) is 46.2 Å². The van der Waals surface area contributed by atoms with Gasteiger partial charge >= 0.3 is 17.6 Å². The summed E-state index contributed by atoms with van der Waals surface area (Å²) in [7, 11) is 0. The molecule has 0 radical (unpaired) electrons. The molecule has 2 aromatic rings. The van der Waals surface area contributed by atoms with E-state index in [1.807, 2.05) is 0 Å². The van der Waals surface area contributed by atoms with Gasteiger partial charge < -0.3 is 19.4 Å². The molecule has 8 heteroatoms. The molecule has 1 saturated heterocycles. The summed E-state index contributed by atoms with van der Waals surface area (Å²) in [5, 5.41) is 20.0. The molecule has 1 atom stereocenters. The second-order valence-electron chi connectivity index (χ2n) is 6.12. The van der Waals surface area contributed by atoms with Crippen molar-refractivity contribution in [3.63, 3.8) is 0 Å².